The molecule has 1 aromatic heterocycles. The summed E-state index contributed by atoms with van der Waals surface area (Å²) >= 11 is 0. The average molecular weight is 393 g/mol. The second kappa shape index (κ2) is 10.2. The Morgan fingerprint density at radius 1 is 0.966 bits per heavy atom. The van der Waals surface area contributed by atoms with E-state index in [4.69, 9.17) is 4.74 Å². The third-order valence-electron chi connectivity index (χ3n) is 4.56. The summed E-state index contributed by atoms with van der Waals surface area (Å²) in [5.41, 5.74) is 2.19. The van der Waals surface area contributed by atoms with Gasteiger partial charge in [-0.05, 0) is 48.2 Å². The van der Waals surface area contributed by atoms with Crippen LogP contribution < -0.4 is 15.4 Å². The number of amides is 1. The van der Waals surface area contributed by atoms with E-state index in [1.807, 2.05) is 30.3 Å². The first-order valence-corrected chi connectivity index (χ1v) is 9.51. The molecule has 1 amide bonds. The lowest BCUT2D eigenvalue weighted by atomic mass is 10.1. The van der Waals surface area contributed by atoms with Gasteiger partial charge in [-0.1, -0.05) is 36.4 Å². The van der Waals surface area contributed by atoms with Crippen LogP contribution in [0, 0.1) is 5.82 Å². The van der Waals surface area contributed by atoms with Crippen LogP contribution in [0.25, 0.3) is 0 Å². The molecule has 2 aromatic carbocycles. The number of methoxy groups -OCH3 is 1. The van der Waals surface area contributed by atoms with Gasteiger partial charge < -0.3 is 15.4 Å². The molecule has 0 saturated heterocycles. The third-order valence-corrected chi connectivity index (χ3v) is 4.56. The van der Waals surface area contributed by atoms with Crippen molar-refractivity contribution in [3.05, 3.63) is 89.4 Å². The van der Waals surface area contributed by atoms with E-state index in [2.05, 4.69) is 15.6 Å². The van der Waals surface area contributed by atoms with E-state index in [1.54, 1.807) is 31.4 Å². The van der Waals surface area contributed by atoms with Crippen molar-refractivity contribution in [2.75, 3.05) is 25.5 Å². The minimum atomic E-state index is -0.206. The van der Waals surface area contributed by atoms with Gasteiger partial charge in [0.1, 0.15) is 17.4 Å². The van der Waals surface area contributed by atoms with E-state index >= 15 is 0 Å². The summed E-state index contributed by atoms with van der Waals surface area (Å²) in [6.45, 7) is 1.06. The van der Waals surface area contributed by atoms with Gasteiger partial charge in [-0.25, -0.2) is 9.37 Å². The number of nitrogens with zero attached hydrogens (tertiary/aromatic N) is 1. The van der Waals surface area contributed by atoms with Crippen LogP contribution in [0.4, 0.5) is 10.2 Å². The molecular formula is C23H24FN3O2. The molecule has 0 aliphatic heterocycles. The number of halogens is 1. The van der Waals surface area contributed by atoms with Crippen molar-refractivity contribution in [3.8, 4) is 5.75 Å². The maximum absolute atomic E-state index is 13.6. The van der Waals surface area contributed by atoms with Crippen molar-refractivity contribution in [2.45, 2.75) is 12.8 Å². The number of hydrogen-bond donors (Lipinski definition) is 2. The molecule has 0 spiro atoms. The van der Waals surface area contributed by atoms with Crippen molar-refractivity contribution in [3.63, 3.8) is 0 Å². The van der Waals surface area contributed by atoms with Gasteiger partial charge in [0.25, 0.3) is 5.91 Å². The van der Waals surface area contributed by atoms with E-state index < -0.39 is 0 Å². The fraction of sp³-hybridized carbons (Fsp3) is 0.217. The fourth-order valence-corrected chi connectivity index (χ4v) is 2.98. The molecule has 3 aromatic rings. The molecule has 2 N–H and O–H groups in total. The Bertz CT molecular complexity index is 945. The van der Waals surface area contributed by atoms with Gasteiger partial charge in [-0.3, -0.25) is 4.79 Å². The first-order valence-electron chi connectivity index (χ1n) is 9.51. The Labute approximate surface area is 169 Å². The number of benzene rings is 2. The van der Waals surface area contributed by atoms with Gasteiger partial charge in [-0.15, -0.1) is 0 Å². The molecule has 0 radical (unpaired) electrons. The smallest absolute Gasteiger partial charge is 0.252 e. The summed E-state index contributed by atoms with van der Waals surface area (Å²) in [6.07, 6.45) is 2.77. The molecular weight excluding hydrogens is 369 g/mol. The summed E-state index contributed by atoms with van der Waals surface area (Å²) < 4.78 is 18.9. The highest BCUT2D eigenvalue weighted by Crippen LogP contribution is 2.17. The Kier molecular flexibility index (Phi) is 7.16. The minimum Gasteiger partial charge on any atom is -0.496 e. The minimum absolute atomic E-state index is 0.176. The summed E-state index contributed by atoms with van der Waals surface area (Å²) in [5.74, 6) is 1.08. The normalized spacial score (nSPS) is 10.4. The number of pyridine rings is 1. The quantitative estimate of drug-likeness (QED) is 0.580. The highest BCUT2D eigenvalue weighted by atomic mass is 19.1. The molecule has 3 rings (SSSR count). The highest BCUT2D eigenvalue weighted by Gasteiger charge is 2.07. The highest BCUT2D eigenvalue weighted by molar-refractivity contribution is 5.94. The molecule has 0 saturated carbocycles. The van der Waals surface area contributed by atoms with Crippen molar-refractivity contribution >= 4 is 11.7 Å². The van der Waals surface area contributed by atoms with Crippen LogP contribution in [0.2, 0.25) is 0 Å². The van der Waals surface area contributed by atoms with Gasteiger partial charge in [0.2, 0.25) is 0 Å². The number of anilines is 1. The summed E-state index contributed by atoms with van der Waals surface area (Å²) in [6, 6.07) is 17.9. The first-order chi connectivity index (χ1) is 14.2. The van der Waals surface area contributed by atoms with Crippen LogP contribution in [-0.2, 0) is 12.8 Å². The lowest BCUT2D eigenvalue weighted by molar-refractivity contribution is 0.0953. The van der Waals surface area contributed by atoms with Gasteiger partial charge in [0.05, 0.1) is 12.7 Å². The zero-order chi connectivity index (χ0) is 20.5. The molecule has 1 heterocycles. The molecule has 0 aliphatic carbocycles. The number of ether oxygens (including phenoxy) is 1. The Hall–Kier alpha value is -3.41. The molecule has 150 valence electrons. The van der Waals surface area contributed by atoms with Crippen molar-refractivity contribution in [2.24, 2.45) is 0 Å². The van der Waals surface area contributed by atoms with E-state index in [-0.39, 0.29) is 11.7 Å². The SMILES string of the molecule is COc1ccccc1CCNC(=O)c1ccc(NCCc2ccccc2F)nc1. The fourth-order valence-electron chi connectivity index (χ4n) is 2.98. The zero-order valence-corrected chi connectivity index (χ0v) is 16.3. The van der Waals surface area contributed by atoms with Gasteiger partial charge in [0.15, 0.2) is 0 Å². The predicted molar refractivity (Wildman–Crippen MR) is 112 cm³/mol. The molecule has 0 atom stereocenters. The van der Waals surface area contributed by atoms with Gasteiger partial charge >= 0.3 is 0 Å². The van der Waals surface area contributed by atoms with Crippen LogP contribution in [0.3, 0.4) is 0 Å². The summed E-state index contributed by atoms with van der Waals surface area (Å²) in [5, 5.41) is 6.03. The zero-order valence-electron chi connectivity index (χ0n) is 16.3. The number of hydrogen-bond acceptors (Lipinski definition) is 4. The van der Waals surface area contributed by atoms with Gasteiger partial charge in [0, 0.05) is 19.3 Å². The maximum Gasteiger partial charge on any atom is 0.252 e. The summed E-state index contributed by atoms with van der Waals surface area (Å²) in [7, 11) is 1.63. The average Bonchev–Trinajstić information content (AvgIpc) is 2.76. The Morgan fingerprint density at radius 2 is 1.69 bits per heavy atom. The van der Waals surface area contributed by atoms with Crippen molar-refractivity contribution < 1.29 is 13.9 Å². The number of para-hydroxylation sites is 1. The van der Waals surface area contributed by atoms with Crippen LogP contribution in [0.15, 0.2) is 66.9 Å². The maximum atomic E-state index is 13.6. The third kappa shape index (κ3) is 5.78. The molecule has 29 heavy (non-hydrogen) atoms. The van der Waals surface area contributed by atoms with Crippen molar-refractivity contribution in [1.82, 2.24) is 10.3 Å². The molecule has 0 fully saturated rings. The van der Waals surface area contributed by atoms with Crippen LogP contribution in [0.5, 0.6) is 5.75 Å². The topological polar surface area (TPSA) is 63.2 Å². The molecule has 0 aliphatic rings. The lowest BCUT2D eigenvalue weighted by Gasteiger charge is -2.10. The number of carbonyl (C=O) groups is 1. The van der Waals surface area contributed by atoms with Crippen molar-refractivity contribution in [1.29, 1.82) is 0 Å². The lowest BCUT2D eigenvalue weighted by Crippen LogP contribution is -2.26. The van der Waals surface area contributed by atoms with Crippen LogP contribution >= 0.6 is 0 Å². The second-order valence-electron chi connectivity index (χ2n) is 6.52. The van der Waals surface area contributed by atoms with Crippen LogP contribution in [0.1, 0.15) is 21.5 Å². The predicted octanol–water partition coefficient (Wildman–Crippen LogP) is 3.86. The van der Waals surface area contributed by atoms with E-state index in [1.165, 1.54) is 12.3 Å². The Balaban J connectivity index is 1.45. The van der Waals surface area contributed by atoms with E-state index in [9.17, 15) is 9.18 Å². The second-order valence-corrected chi connectivity index (χ2v) is 6.52. The number of aromatic nitrogens is 1. The standard InChI is InChI=1S/C23H24FN3O2/c1-29-21-9-5-3-7-18(21)13-15-26-23(28)19-10-11-22(27-16-19)25-14-12-17-6-2-4-8-20(17)24/h2-11,16H,12-15H2,1H3,(H,25,27)(H,26,28). The molecule has 0 bridgehead atoms. The monoisotopic (exact) mass is 393 g/mol. The molecule has 6 heteroatoms. The van der Waals surface area contributed by atoms with E-state index in [0.717, 1.165) is 11.3 Å². The largest absolute Gasteiger partial charge is 0.496 e. The van der Waals surface area contributed by atoms with Crippen LogP contribution in [-0.4, -0.2) is 31.1 Å². The number of carbonyl (C=O) groups excluding carboxylic acids is 1. The summed E-state index contributed by atoms with van der Waals surface area (Å²) in [4.78, 5) is 16.6. The molecule has 0 unspecified atom stereocenters. The van der Waals surface area contributed by atoms with E-state index in [0.29, 0.717) is 42.9 Å². The first kappa shape index (κ1) is 20.3. The number of rotatable bonds is 9. The molecule has 5 nitrogen and oxygen atoms in total. The number of nitrogens with one attached hydrogen (secondary N) is 2. The Morgan fingerprint density at radius 3 is 2.41 bits per heavy atom. The van der Waals surface area contributed by atoms with Gasteiger partial charge in [-0.2, -0.15) is 0 Å².